The third-order valence-electron chi connectivity index (χ3n) is 5.11. The Hall–Kier alpha value is -2.06. The van der Waals surface area contributed by atoms with Gasteiger partial charge in [0, 0.05) is 24.3 Å². The van der Waals surface area contributed by atoms with Crippen molar-refractivity contribution in [1.29, 1.82) is 0 Å². The molecule has 7 heteroatoms. The molecule has 1 atom stereocenters. The first-order chi connectivity index (χ1) is 14.8. The minimum Gasteiger partial charge on any atom is -0.508 e. The van der Waals surface area contributed by atoms with Crippen LogP contribution in [0.5, 0.6) is 5.75 Å². The van der Waals surface area contributed by atoms with Gasteiger partial charge in [-0.1, -0.05) is 48.7 Å². The molecule has 0 unspecified atom stereocenters. The molecule has 0 heterocycles. The van der Waals surface area contributed by atoms with E-state index >= 15 is 0 Å². The van der Waals surface area contributed by atoms with Gasteiger partial charge in [-0.15, -0.1) is 0 Å². The van der Waals surface area contributed by atoms with Gasteiger partial charge in [-0.2, -0.15) is 8.78 Å². The average Bonchev–Trinajstić information content (AvgIpc) is 2.75. The molecule has 0 amide bonds. The van der Waals surface area contributed by atoms with Crippen LogP contribution in [0.3, 0.4) is 0 Å². The molecule has 0 aliphatic rings. The van der Waals surface area contributed by atoms with E-state index in [0.717, 1.165) is 37.8 Å². The molecule has 0 spiro atoms. The Kier molecular flexibility index (Phi) is 10.3. The normalized spacial score (nSPS) is 12.8. The lowest BCUT2D eigenvalue weighted by molar-refractivity contribution is -0.0831. The Balaban J connectivity index is 1.52. The second kappa shape index (κ2) is 12.7. The molecular formula is C24H33F2NO4. The van der Waals surface area contributed by atoms with E-state index in [4.69, 9.17) is 4.74 Å². The standard InChI is InChI=1S/C24H33F2NO4/c1-18-7-6-8-21(13-18)24(25,26)17-31-12-5-3-2-4-11-27-15-23(30)19-9-10-22(29)20(14-19)16-28/h6-10,13-14,23,27-30H,2-5,11-12,15-17H2,1H3/t23-/m1/s1. The van der Waals surface area contributed by atoms with Gasteiger partial charge in [0.1, 0.15) is 12.4 Å². The number of halogens is 2. The molecule has 5 nitrogen and oxygen atoms in total. The summed E-state index contributed by atoms with van der Waals surface area (Å²) in [7, 11) is 0. The quantitative estimate of drug-likeness (QED) is 0.333. The number of hydrogen-bond acceptors (Lipinski definition) is 5. The topological polar surface area (TPSA) is 82.0 Å². The van der Waals surface area contributed by atoms with E-state index in [0.29, 0.717) is 24.3 Å². The summed E-state index contributed by atoms with van der Waals surface area (Å²) in [6.07, 6.45) is 2.73. The first-order valence-electron chi connectivity index (χ1n) is 10.7. The molecule has 0 aliphatic carbocycles. The number of phenols is 1. The van der Waals surface area contributed by atoms with Gasteiger partial charge in [0.2, 0.25) is 0 Å². The van der Waals surface area contributed by atoms with E-state index in [9.17, 15) is 24.1 Å². The predicted octanol–water partition coefficient (Wildman–Crippen LogP) is 4.18. The summed E-state index contributed by atoms with van der Waals surface area (Å²) in [4.78, 5) is 0. The predicted molar refractivity (Wildman–Crippen MR) is 116 cm³/mol. The second-order valence-electron chi connectivity index (χ2n) is 7.81. The van der Waals surface area contributed by atoms with Crippen molar-refractivity contribution in [2.45, 2.75) is 51.2 Å². The van der Waals surface area contributed by atoms with Crippen LogP contribution in [0.15, 0.2) is 42.5 Å². The van der Waals surface area contributed by atoms with Crippen molar-refractivity contribution in [3.05, 3.63) is 64.7 Å². The Labute approximate surface area is 182 Å². The molecule has 2 aromatic carbocycles. The monoisotopic (exact) mass is 437 g/mol. The minimum atomic E-state index is -2.98. The first kappa shape index (κ1) is 25.2. The lowest BCUT2D eigenvalue weighted by Gasteiger charge is -2.17. The van der Waals surface area contributed by atoms with Crippen LogP contribution in [0.1, 0.15) is 54.0 Å². The number of alkyl halides is 2. The largest absolute Gasteiger partial charge is 0.508 e. The van der Waals surface area contributed by atoms with E-state index in [1.807, 2.05) is 0 Å². The molecule has 0 aliphatic heterocycles. The molecule has 2 aromatic rings. The summed E-state index contributed by atoms with van der Waals surface area (Å²) in [5, 5.41) is 32.1. The molecule has 0 saturated heterocycles. The van der Waals surface area contributed by atoms with Gasteiger partial charge in [-0.05, 0) is 44.0 Å². The molecule has 0 aromatic heterocycles. The number of benzene rings is 2. The summed E-state index contributed by atoms with van der Waals surface area (Å²) in [5.41, 5.74) is 1.81. The number of aromatic hydroxyl groups is 1. The molecule has 0 bridgehead atoms. The SMILES string of the molecule is Cc1cccc(C(F)(F)COCCCCCCNC[C@@H](O)c2ccc(O)c(CO)c2)c1. The van der Waals surface area contributed by atoms with Crippen molar-refractivity contribution in [2.75, 3.05) is 26.3 Å². The Morgan fingerprint density at radius 1 is 1.06 bits per heavy atom. The molecule has 4 N–H and O–H groups in total. The number of ether oxygens (including phenoxy) is 1. The summed E-state index contributed by atoms with van der Waals surface area (Å²) >= 11 is 0. The number of rotatable bonds is 14. The summed E-state index contributed by atoms with van der Waals surface area (Å²) in [6.45, 7) is 2.30. The number of hydrogen-bond donors (Lipinski definition) is 4. The zero-order chi connectivity index (χ0) is 22.7. The van der Waals surface area contributed by atoms with Crippen LogP contribution in [-0.4, -0.2) is 41.6 Å². The maximum atomic E-state index is 14.1. The Morgan fingerprint density at radius 3 is 2.58 bits per heavy atom. The van der Waals surface area contributed by atoms with Crippen LogP contribution in [-0.2, 0) is 17.3 Å². The third kappa shape index (κ3) is 8.53. The number of aryl methyl sites for hydroxylation is 1. The van der Waals surface area contributed by atoms with Gasteiger partial charge in [-0.25, -0.2) is 0 Å². The van der Waals surface area contributed by atoms with Crippen LogP contribution in [0, 0.1) is 6.92 Å². The lowest BCUT2D eigenvalue weighted by atomic mass is 10.1. The third-order valence-corrected chi connectivity index (χ3v) is 5.11. The van der Waals surface area contributed by atoms with Gasteiger partial charge in [0.25, 0.3) is 5.92 Å². The minimum absolute atomic E-state index is 0.00858. The summed E-state index contributed by atoms with van der Waals surface area (Å²) < 4.78 is 33.4. The average molecular weight is 438 g/mol. The smallest absolute Gasteiger partial charge is 0.296 e. The molecular weight excluding hydrogens is 404 g/mol. The lowest BCUT2D eigenvalue weighted by Crippen LogP contribution is -2.22. The van der Waals surface area contributed by atoms with Crippen molar-refractivity contribution < 1.29 is 28.8 Å². The number of aliphatic hydroxyl groups is 2. The van der Waals surface area contributed by atoms with E-state index in [1.165, 1.54) is 18.2 Å². The molecule has 0 radical (unpaired) electrons. The van der Waals surface area contributed by atoms with E-state index < -0.39 is 18.6 Å². The van der Waals surface area contributed by atoms with Gasteiger partial charge < -0.3 is 25.4 Å². The highest BCUT2D eigenvalue weighted by atomic mass is 19.3. The van der Waals surface area contributed by atoms with E-state index in [1.54, 1.807) is 31.2 Å². The van der Waals surface area contributed by atoms with Crippen molar-refractivity contribution in [1.82, 2.24) is 5.32 Å². The fraction of sp³-hybridized carbons (Fsp3) is 0.500. The maximum Gasteiger partial charge on any atom is 0.296 e. The Bertz CT molecular complexity index is 801. The fourth-order valence-corrected chi connectivity index (χ4v) is 3.26. The van der Waals surface area contributed by atoms with Crippen molar-refractivity contribution >= 4 is 0 Å². The van der Waals surface area contributed by atoms with Gasteiger partial charge in [0.05, 0.1) is 12.7 Å². The second-order valence-corrected chi connectivity index (χ2v) is 7.81. The number of nitrogens with one attached hydrogen (secondary N) is 1. The van der Waals surface area contributed by atoms with Gasteiger partial charge >= 0.3 is 0 Å². The maximum absolute atomic E-state index is 14.1. The highest BCUT2D eigenvalue weighted by Crippen LogP contribution is 2.28. The molecule has 31 heavy (non-hydrogen) atoms. The van der Waals surface area contributed by atoms with E-state index in [-0.39, 0.29) is 17.9 Å². The number of unbranched alkanes of at least 4 members (excludes halogenated alkanes) is 3. The fourth-order valence-electron chi connectivity index (χ4n) is 3.26. The zero-order valence-electron chi connectivity index (χ0n) is 18.0. The van der Waals surface area contributed by atoms with Crippen molar-refractivity contribution in [3.63, 3.8) is 0 Å². The first-order valence-corrected chi connectivity index (χ1v) is 10.7. The Morgan fingerprint density at radius 2 is 1.84 bits per heavy atom. The molecule has 2 rings (SSSR count). The summed E-state index contributed by atoms with van der Waals surface area (Å²) in [5.74, 6) is -2.97. The zero-order valence-corrected chi connectivity index (χ0v) is 18.0. The van der Waals surface area contributed by atoms with Crippen LogP contribution in [0.4, 0.5) is 8.78 Å². The van der Waals surface area contributed by atoms with Crippen LogP contribution in [0.25, 0.3) is 0 Å². The van der Waals surface area contributed by atoms with Crippen molar-refractivity contribution in [3.8, 4) is 5.75 Å². The van der Waals surface area contributed by atoms with Gasteiger partial charge in [-0.3, -0.25) is 0 Å². The molecule has 172 valence electrons. The van der Waals surface area contributed by atoms with E-state index in [2.05, 4.69) is 5.32 Å². The molecule has 0 fully saturated rings. The highest BCUT2D eigenvalue weighted by Gasteiger charge is 2.31. The van der Waals surface area contributed by atoms with Crippen LogP contribution in [0.2, 0.25) is 0 Å². The van der Waals surface area contributed by atoms with Crippen LogP contribution >= 0.6 is 0 Å². The van der Waals surface area contributed by atoms with Gasteiger partial charge in [0.15, 0.2) is 0 Å². The highest BCUT2D eigenvalue weighted by molar-refractivity contribution is 5.36. The van der Waals surface area contributed by atoms with Crippen molar-refractivity contribution in [2.24, 2.45) is 0 Å². The molecule has 0 saturated carbocycles. The number of aliphatic hydroxyl groups excluding tert-OH is 2. The summed E-state index contributed by atoms with van der Waals surface area (Å²) in [6, 6.07) is 11.0. The van der Waals surface area contributed by atoms with Crippen LogP contribution < -0.4 is 5.32 Å².